The maximum absolute atomic E-state index is 13.4. The van der Waals surface area contributed by atoms with Crippen molar-refractivity contribution in [2.24, 2.45) is 0 Å². The predicted molar refractivity (Wildman–Crippen MR) is 177 cm³/mol. The molecule has 0 unspecified atom stereocenters. The third-order valence-electron chi connectivity index (χ3n) is 8.74. The summed E-state index contributed by atoms with van der Waals surface area (Å²) in [5, 5.41) is 70.7. The number of phenols is 2. The van der Waals surface area contributed by atoms with Crippen molar-refractivity contribution < 1.29 is 59.5 Å². The van der Waals surface area contributed by atoms with Gasteiger partial charge in [0, 0.05) is 12.1 Å². The molecule has 12 nitrogen and oxygen atoms in total. The molecule has 12 heteroatoms. The smallest absolute Gasteiger partial charge is 0.347 e. The van der Waals surface area contributed by atoms with Crippen molar-refractivity contribution in [3.05, 3.63) is 46.5 Å². The normalized spacial score (nSPS) is 20.8. The number of unbranched alkanes of at least 4 members (excludes halogenated alkanes) is 12. The molecular formula is C36H52O12. The highest BCUT2D eigenvalue weighted by molar-refractivity contribution is 5.96. The second-order valence-corrected chi connectivity index (χ2v) is 12.6. The molecule has 3 rings (SSSR count). The molecule has 1 aliphatic rings. The van der Waals surface area contributed by atoms with Gasteiger partial charge in [0.25, 0.3) is 0 Å². The van der Waals surface area contributed by atoms with Gasteiger partial charge < -0.3 is 50.0 Å². The molecule has 2 aromatic carbocycles. The van der Waals surface area contributed by atoms with Gasteiger partial charge in [0.1, 0.15) is 58.5 Å². The Morgan fingerprint density at radius 2 is 1.27 bits per heavy atom. The van der Waals surface area contributed by atoms with Gasteiger partial charge in [-0.1, -0.05) is 84.0 Å². The lowest BCUT2D eigenvalue weighted by atomic mass is 9.98. The molecule has 2 aromatic rings. The van der Waals surface area contributed by atoms with Gasteiger partial charge in [-0.15, -0.1) is 0 Å². The number of carbonyl (C=O) groups excluding carboxylic acids is 1. The van der Waals surface area contributed by atoms with E-state index in [4.69, 9.17) is 14.2 Å². The van der Waals surface area contributed by atoms with Crippen LogP contribution in [0.25, 0.3) is 0 Å². The van der Waals surface area contributed by atoms with E-state index in [0.717, 1.165) is 37.8 Å². The fourth-order valence-corrected chi connectivity index (χ4v) is 6.02. The van der Waals surface area contributed by atoms with Crippen LogP contribution in [0.3, 0.4) is 0 Å². The Kier molecular flexibility index (Phi) is 15.9. The van der Waals surface area contributed by atoms with Crippen LogP contribution in [0.15, 0.2) is 24.3 Å². The monoisotopic (exact) mass is 676 g/mol. The quantitative estimate of drug-likeness (QED) is 0.0554. The lowest BCUT2D eigenvalue weighted by molar-refractivity contribution is -0.277. The molecule has 1 saturated heterocycles. The molecule has 1 heterocycles. The highest BCUT2D eigenvalue weighted by Gasteiger charge is 2.44. The maximum atomic E-state index is 13.4. The summed E-state index contributed by atoms with van der Waals surface area (Å²) in [7, 11) is 0. The van der Waals surface area contributed by atoms with E-state index >= 15 is 0 Å². The van der Waals surface area contributed by atoms with Gasteiger partial charge in [-0.2, -0.15) is 0 Å². The number of esters is 1. The number of aromatic carboxylic acids is 1. The van der Waals surface area contributed by atoms with Crippen molar-refractivity contribution in [3.8, 4) is 23.0 Å². The summed E-state index contributed by atoms with van der Waals surface area (Å²) < 4.78 is 16.6. The molecule has 0 aromatic heterocycles. The molecule has 1 fully saturated rings. The molecule has 7 N–H and O–H groups in total. The van der Waals surface area contributed by atoms with E-state index in [-0.39, 0.29) is 28.2 Å². The number of hydrogen-bond donors (Lipinski definition) is 7. The molecule has 48 heavy (non-hydrogen) atoms. The van der Waals surface area contributed by atoms with Crippen molar-refractivity contribution >= 4 is 11.9 Å². The Balaban J connectivity index is 1.69. The average molecular weight is 677 g/mol. The minimum Gasteiger partial charge on any atom is -0.507 e. The number of rotatable bonds is 20. The van der Waals surface area contributed by atoms with Crippen LogP contribution in [0, 0.1) is 6.92 Å². The highest BCUT2D eigenvalue weighted by Crippen LogP contribution is 2.34. The van der Waals surface area contributed by atoms with Gasteiger partial charge in [-0.25, -0.2) is 9.59 Å². The molecule has 1 aliphatic heterocycles. The van der Waals surface area contributed by atoms with Crippen LogP contribution in [0.4, 0.5) is 0 Å². The number of aliphatic hydroxyl groups excluding tert-OH is 4. The van der Waals surface area contributed by atoms with Crippen molar-refractivity contribution in [3.63, 3.8) is 0 Å². The lowest BCUT2D eigenvalue weighted by Gasteiger charge is -2.39. The Morgan fingerprint density at radius 1 is 0.729 bits per heavy atom. The molecule has 0 saturated carbocycles. The molecule has 0 radical (unpaired) electrons. The zero-order chi connectivity index (χ0) is 35.2. The fourth-order valence-electron chi connectivity index (χ4n) is 6.02. The van der Waals surface area contributed by atoms with Crippen molar-refractivity contribution in [1.29, 1.82) is 0 Å². The predicted octanol–water partition coefficient (Wildman–Crippen LogP) is 5.14. The van der Waals surface area contributed by atoms with Gasteiger partial charge in [0.05, 0.1) is 6.61 Å². The van der Waals surface area contributed by atoms with Crippen LogP contribution in [0.2, 0.25) is 0 Å². The SMILES string of the molecule is CCCCCCCCCCCCCCCc1cc(O[C@@H]2O[C@@H](CO)[C@H](O)[C@H](O)[C@H]2O)cc(O)c1C(=O)Oc1cc(C)c(C(=O)O)c(O)c1. The molecule has 0 amide bonds. The first-order valence-corrected chi connectivity index (χ1v) is 17.1. The van der Waals surface area contributed by atoms with Crippen LogP contribution >= 0.6 is 0 Å². The number of hydrogen-bond acceptors (Lipinski definition) is 11. The van der Waals surface area contributed by atoms with E-state index in [1.54, 1.807) is 0 Å². The first-order valence-electron chi connectivity index (χ1n) is 17.1. The van der Waals surface area contributed by atoms with Crippen LogP contribution in [0.1, 0.15) is 122 Å². The summed E-state index contributed by atoms with van der Waals surface area (Å²) in [6, 6.07) is 4.89. The number of aromatic hydroxyl groups is 2. The number of aryl methyl sites for hydroxylation is 2. The summed E-state index contributed by atoms with van der Waals surface area (Å²) in [6.07, 6.45) is 7.74. The zero-order valence-corrected chi connectivity index (χ0v) is 28.0. The van der Waals surface area contributed by atoms with Crippen LogP contribution in [0.5, 0.6) is 23.0 Å². The van der Waals surface area contributed by atoms with E-state index < -0.39 is 60.8 Å². The van der Waals surface area contributed by atoms with E-state index in [1.165, 1.54) is 70.4 Å². The van der Waals surface area contributed by atoms with Crippen molar-refractivity contribution in [2.45, 2.75) is 134 Å². The summed E-state index contributed by atoms with van der Waals surface area (Å²) >= 11 is 0. The number of carbonyl (C=O) groups is 2. The van der Waals surface area contributed by atoms with E-state index in [0.29, 0.717) is 18.4 Å². The number of carboxylic acids is 1. The Bertz CT molecular complexity index is 1300. The summed E-state index contributed by atoms with van der Waals surface area (Å²) in [5.74, 6) is -3.49. The number of phenolic OH excluding ortho intramolecular Hbond substituents is 1. The second-order valence-electron chi connectivity index (χ2n) is 12.6. The summed E-state index contributed by atoms with van der Waals surface area (Å²) in [4.78, 5) is 24.8. The van der Waals surface area contributed by atoms with Crippen LogP contribution in [-0.2, 0) is 11.2 Å². The number of aliphatic hydroxyl groups is 4. The summed E-state index contributed by atoms with van der Waals surface area (Å²) in [5.41, 5.74) is 0.0562. The Hall–Kier alpha value is -3.42. The molecule has 0 aliphatic carbocycles. The number of benzene rings is 2. The minimum atomic E-state index is -1.68. The van der Waals surface area contributed by atoms with Crippen LogP contribution < -0.4 is 9.47 Å². The van der Waals surface area contributed by atoms with Gasteiger partial charge in [0.2, 0.25) is 6.29 Å². The topological polar surface area (TPSA) is 203 Å². The average Bonchev–Trinajstić information content (AvgIpc) is 3.02. The third kappa shape index (κ3) is 11.1. The zero-order valence-electron chi connectivity index (χ0n) is 28.0. The van der Waals surface area contributed by atoms with Crippen LogP contribution in [-0.4, -0.2) is 85.0 Å². The molecule has 5 atom stereocenters. The third-order valence-corrected chi connectivity index (χ3v) is 8.74. The Labute approximate surface area is 281 Å². The van der Waals surface area contributed by atoms with Gasteiger partial charge >= 0.3 is 11.9 Å². The standard InChI is InChI=1S/C36H52O12/c1-3-4-5-6-7-8-9-10-11-12-13-14-15-16-23-18-25(47-36-33(42)32(41)31(40)28(21-37)48-36)20-27(39)30(23)35(45)46-24-17-22(2)29(34(43)44)26(38)19-24/h17-20,28,31-33,36-42H,3-16,21H2,1-2H3,(H,43,44)/t28-,31-,32-,33+,36+/m0/s1. The largest absolute Gasteiger partial charge is 0.507 e. The first kappa shape index (κ1) is 39.0. The van der Waals surface area contributed by atoms with E-state index in [9.17, 15) is 45.3 Å². The van der Waals surface area contributed by atoms with E-state index in [1.807, 2.05) is 0 Å². The van der Waals surface area contributed by atoms with Gasteiger partial charge in [-0.05, 0) is 43.0 Å². The van der Waals surface area contributed by atoms with Crippen molar-refractivity contribution in [1.82, 2.24) is 0 Å². The minimum absolute atomic E-state index is 0.00243. The number of ether oxygens (including phenoxy) is 3. The van der Waals surface area contributed by atoms with Crippen molar-refractivity contribution in [2.75, 3.05) is 6.61 Å². The number of carboxylic acid groups (broad SMARTS) is 1. The highest BCUT2D eigenvalue weighted by atomic mass is 16.7. The lowest BCUT2D eigenvalue weighted by Crippen LogP contribution is -2.60. The van der Waals surface area contributed by atoms with Gasteiger partial charge in [0.15, 0.2) is 0 Å². The molecule has 268 valence electrons. The molecule has 0 spiro atoms. The summed E-state index contributed by atoms with van der Waals surface area (Å²) in [6.45, 7) is 3.02. The molecular weight excluding hydrogens is 624 g/mol. The first-order chi connectivity index (χ1) is 23.0. The van der Waals surface area contributed by atoms with E-state index in [2.05, 4.69) is 6.92 Å². The molecule has 0 bridgehead atoms. The van der Waals surface area contributed by atoms with Gasteiger partial charge in [-0.3, -0.25) is 0 Å². The fraction of sp³-hybridized carbons (Fsp3) is 0.611. The second kappa shape index (κ2) is 19.5. The Morgan fingerprint density at radius 3 is 1.81 bits per heavy atom. The maximum Gasteiger partial charge on any atom is 0.347 e.